The monoisotopic (exact) mass is 240 g/mol. The Hall–Kier alpha value is -0.800. The Balaban J connectivity index is 1.99. The zero-order chi connectivity index (χ0) is 11.5. The maximum Gasteiger partial charge on any atom is 0.138 e. The van der Waals surface area contributed by atoms with E-state index >= 15 is 0 Å². The summed E-state index contributed by atoms with van der Waals surface area (Å²) in [6.07, 6.45) is 4.27. The second kappa shape index (κ2) is 5.02. The largest absolute Gasteiger partial charge is 0.487 e. The van der Waals surface area contributed by atoms with Gasteiger partial charge in [-0.1, -0.05) is 11.6 Å². The van der Waals surface area contributed by atoms with Crippen molar-refractivity contribution >= 4 is 11.6 Å². The van der Waals surface area contributed by atoms with Crippen molar-refractivity contribution in [3.05, 3.63) is 23.0 Å². The van der Waals surface area contributed by atoms with Gasteiger partial charge in [0.1, 0.15) is 17.0 Å². The number of hydrogen-bond donors (Lipinski definition) is 1. The van der Waals surface area contributed by atoms with Crippen LogP contribution in [0.3, 0.4) is 0 Å². The third-order valence-electron chi connectivity index (χ3n) is 2.98. The molecule has 1 aliphatic heterocycles. The molecule has 1 aromatic rings. The van der Waals surface area contributed by atoms with E-state index in [-0.39, 0.29) is 6.10 Å². The third kappa shape index (κ3) is 2.66. The average Bonchev–Trinajstić information content (AvgIpc) is 2.77. The highest BCUT2D eigenvalue weighted by Crippen LogP contribution is 2.21. The number of nitrogens with one attached hydrogen (secondary N) is 1. The number of pyridine rings is 1. The molecule has 3 nitrogen and oxygen atoms in total. The fraction of sp³-hybridized carbons (Fsp3) is 0.583. The highest BCUT2D eigenvalue weighted by molar-refractivity contribution is 6.30. The summed E-state index contributed by atoms with van der Waals surface area (Å²) in [5.41, 5.74) is 0.950. The maximum absolute atomic E-state index is 5.87. The smallest absolute Gasteiger partial charge is 0.138 e. The minimum Gasteiger partial charge on any atom is -0.487 e. The van der Waals surface area contributed by atoms with Crippen LogP contribution >= 0.6 is 11.6 Å². The van der Waals surface area contributed by atoms with Gasteiger partial charge in [-0.3, -0.25) is 0 Å². The van der Waals surface area contributed by atoms with Gasteiger partial charge in [-0.15, -0.1) is 0 Å². The maximum atomic E-state index is 5.87. The van der Waals surface area contributed by atoms with Crippen LogP contribution in [0.4, 0.5) is 0 Å². The van der Waals surface area contributed by atoms with Crippen LogP contribution in [0.1, 0.15) is 25.3 Å². The van der Waals surface area contributed by atoms with Crippen LogP contribution < -0.4 is 10.1 Å². The Morgan fingerprint density at radius 2 is 2.44 bits per heavy atom. The van der Waals surface area contributed by atoms with Gasteiger partial charge >= 0.3 is 0 Å². The number of nitrogens with zero attached hydrogens (tertiary/aromatic N) is 1. The zero-order valence-electron chi connectivity index (χ0n) is 9.66. The second-order valence-corrected chi connectivity index (χ2v) is 4.66. The Kier molecular flexibility index (Phi) is 3.66. The Morgan fingerprint density at radius 1 is 1.62 bits per heavy atom. The van der Waals surface area contributed by atoms with Crippen LogP contribution in [0.15, 0.2) is 12.3 Å². The lowest BCUT2D eigenvalue weighted by molar-refractivity contribution is 0.179. The van der Waals surface area contributed by atoms with E-state index in [2.05, 4.69) is 17.2 Å². The molecule has 2 rings (SSSR count). The average molecular weight is 241 g/mol. The van der Waals surface area contributed by atoms with Crippen LogP contribution in [-0.4, -0.2) is 23.7 Å². The van der Waals surface area contributed by atoms with E-state index in [0.29, 0.717) is 11.2 Å². The fourth-order valence-corrected chi connectivity index (χ4v) is 2.11. The van der Waals surface area contributed by atoms with Crippen LogP contribution in [0.5, 0.6) is 5.75 Å². The molecule has 0 amide bonds. The van der Waals surface area contributed by atoms with E-state index in [1.807, 2.05) is 13.0 Å². The van der Waals surface area contributed by atoms with Crippen molar-refractivity contribution < 1.29 is 4.74 Å². The van der Waals surface area contributed by atoms with Gasteiger partial charge in [-0.05, 0) is 44.9 Å². The first-order valence-electron chi connectivity index (χ1n) is 5.69. The number of ether oxygens (including phenoxy) is 1. The lowest BCUT2D eigenvalue weighted by atomic mass is 10.1. The van der Waals surface area contributed by atoms with Crippen molar-refractivity contribution in [2.45, 2.75) is 38.8 Å². The lowest BCUT2D eigenvalue weighted by Crippen LogP contribution is -2.36. The van der Waals surface area contributed by atoms with Gasteiger partial charge in [0.25, 0.3) is 0 Å². The van der Waals surface area contributed by atoms with Crippen molar-refractivity contribution in [3.8, 4) is 5.75 Å². The number of halogens is 1. The Labute approximate surface area is 101 Å². The molecule has 0 bridgehead atoms. The van der Waals surface area contributed by atoms with E-state index < -0.39 is 0 Å². The summed E-state index contributed by atoms with van der Waals surface area (Å²) in [7, 11) is 0. The summed E-state index contributed by atoms with van der Waals surface area (Å²) in [4.78, 5) is 4.08. The van der Waals surface area contributed by atoms with Crippen molar-refractivity contribution in [1.29, 1.82) is 0 Å². The molecule has 16 heavy (non-hydrogen) atoms. The van der Waals surface area contributed by atoms with E-state index in [1.165, 1.54) is 12.8 Å². The van der Waals surface area contributed by atoms with Gasteiger partial charge in [-0.2, -0.15) is 0 Å². The molecule has 0 spiro atoms. The van der Waals surface area contributed by atoms with Gasteiger partial charge in [0.05, 0.1) is 6.20 Å². The lowest BCUT2D eigenvalue weighted by Gasteiger charge is -2.21. The number of hydrogen-bond acceptors (Lipinski definition) is 3. The van der Waals surface area contributed by atoms with Crippen LogP contribution in [0, 0.1) is 6.92 Å². The molecule has 2 heterocycles. The molecule has 0 saturated carbocycles. The van der Waals surface area contributed by atoms with E-state index in [0.717, 1.165) is 17.9 Å². The van der Waals surface area contributed by atoms with E-state index in [4.69, 9.17) is 16.3 Å². The first-order chi connectivity index (χ1) is 7.66. The van der Waals surface area contributed by atoms with Gasteiger partial charge in [-0.25, -0.2) is 4.98 Å². The number of rotatable bonds is 3. The van der Waals surface area contributed by atoms with Crippen LogP contribution in [0.2, 0.25) is 5.15 Å². The molecule has 0 aliphatic carbocycles. The standard InChI is InChI=1S/C12H17ClN2O/c1-8-6-10(7-15-12(8)13)16-9(2)11-4-3-5-14-11/h6-7,9,11,14H,3-5H2,1-2H3/t9?,11-/m0/s1. The molecule has 4 heteroatoms. The molecule has 0 aromatic carbocycles. The molecule has 1 aliphatic rings. The summed E-state index contributed by atoms with van der Waals surface area (Å²) >= 11 is 5.87. The van der Waals surface area contributed by atoms with Crippen LogP contribution in [0.25, 0.3) is 0 Å². The predicted molar refractivity (Wildman–Crippen MR) is 65.1 cm³/mol. The molecular formula is C12H17ClN2O. The van der Waals surface area contributed by atoms with Gasteiger partial charge in [0, 0.05) is 6.04 Å². The van der Waals surface area contributed by atoms with Gasteiger partial charge in [0.2, 0.25) is 0 Å². The van der Waals surface area contributed by atoms with Gasteiger partial charge < -0.3 is 10.1 Å². The predicted octanol–water partition coefficient (Wildman–Crippen LogP) is 2.56. The second-order valence-electron chi connectivity index (χ2n) is 4.30. The van der Waals surface area contributed by atoms with Crippen molar-refractivity contribution in [1.82, 2.24) is 10.3 Å². The molecule has 1 fully saturated rings. The van der Waals surface area contributed by atoms with Gasteiger partial charge in [0.15, 0.2) is 0 Å². The summed E-state index contributed by atoms with van der Waals surface area (Å²) < 4.78 is 5.85. The minimum absolute atomic E-state index is 0.171. The fourth-order valence-electron chi connectivity index (χ4n) is 2.01. The molecule has 0 radical (unpaired) electrons. The van der Waals surface area contributed by atoms with Crippen molar-refractivity contribution in [2.75, 3.05) is 6.54 Å². The molecule has 1 saturated heterocycles. The third-order valence-corrected chi connectivity index (χ3v) is 3.37. The Morgan fingerprint density at radius 3 is 3.06 bits per heavy atom. The Bertz CT molecular complexity index is 364. The first-order valence-corrected chi connectivity index (χ1v) is 6.07. The topological polar surface area (TPSA) is 34.1 Å². The molecule has 88 valence electrons. The molecular weight excluding hydrogens is 224 g/mol. The summed E-state index contributed by atoms with van der Waals surface area (Å²) in [6, 6.07) is 2.39. The molecule has 2 atom stereocenters. The van der Waals surface area contributed by atoms with Crippen molar-refractivity contribution in [3.63, 3.8) is 0 Å². The number of aryl methyl sites for hydroxylation is 1. The molecule has 1 unspecified atom stereocenters. The zero-order valence-corrected chi connectivity index (χ0v) is 10.4. The summed E-state index contributed by atoms with van der Waals surface area (Å²) in [5.74, 6) is 0.795. The molecule has 1 aromatic heterocycles. The number of aromatic nitrogens is 1. The van der Waals surface area contributed by atoms with Crippen molar-refractivity contribution in [2.24, 2.45) is 0 Å². The summed E-state index contributed by atoms with van der Waals surface area (Å²) in [6.45, 7) is 5.11. The van der Waals surface area contributed by atoms with E-state index in [1.54, 1.807) is 6.20 Å². The minimum atomic E-state index is 0.171. The highest BCUT2D eigenvalue weighted by atomic mass is 35.5. The highest BCUT2D eigenvalue weighted by Gasteiger charge is 2.22. The normalized spacial score (nSPS) is 22.1. The van der Waals surface area contributed by atoms with E-state index in [9.17, 15) is 0 Å². The van der Waals surface area contributed by atoms with Crippen LogP contribution in [-0.2, 0) is 0 Å². The summed E-state index contributed by atoms with van der Waals surface area (Å²) in [5, 5.41) is 3.97. The SMILES string of the molecule is Cc1cc(OC(C)[C@@H]2CCCN2)cnc1Cl. The quantitative estimate of drug-likeness (QED) is 0.825. The molecule has 1 N–H and O–H groups in total. The first kappa shape index (κ1) is 11.7.